The molecule has 2 aliphatic heterocycles. The second-order valence-corrected chi connectivity index (χ2v) is 7.27. The van der Waals surface area contributed by atoms with Crippen LogP contribution in [0.4, 0.5) is 0 Å². The highest BCUT2D eigenvalue weighted by Gasteiger charge is 2.42. The fourth-order valence-electron chi connectivity index (χ4n) is 3.72. The molecule has 6 heteroatoms. The Labute approximate surface area is 161 Å². The molecule has 1 aromatic heterocycles. The fourth-order valence-corrected chi connectivity index (χ4v) is 3.90. The normalized spacial score (nSPS) is 20.7. The van der Waals surface area contributed by atoms with Gasteiger partial charge in [0.25, 0.3) is 0 Å². The van der Waals surface area contributed by atoms with Gasteiger partial charge in [0, 0.05) is 22.6 Å². The van der Waals surface area contributed by atoms with Crippen molar-refractivity contribution in [2.45, 2.75) is 25.6 Å². The van der Waals surface area contributed by atoms with Crippen LogP contribution in [0.2, 0.25) is 5.02 Å². The third-order valence-corrected chi connectivity index (χ3v) is 5.24. The zero-order valence-corrected chi connectivity index (χ0v) is 15.3. The SMILES string of the molecule is Cc1ccc(O)c(C2=NN3C(C2)c2cc(Cl)ccc2OC3c2ccco2)c1. The van der Waals surface area contributed by atoms with Gasteiger partial charge in [-0.1, -0.05) is 23.2 Å². The van der Waals surface area contributed by atoms with Crippen LogP contribution in [0.5, 0.6) is 11.5 Å². The summed E-state index contributed by atoms with van der Waals surface area (Å²) in [6.07, 6.45) is 1.80. The number of nitrogens with zero attached hydrogens (tertiary/aromatic N) is 2. The number of rotatable bonds is 2. The summed E-state index contributed by atoms with van der Waals surface area (Å²) in [5, 5.41) is 17.7. The number of ether oxygens (including phenoxy) is 1. The monoisotopic (exact) mass is 380 g/mol. The lowest BCUT2D eigenvalue weighted by Gasteiger charge is -2.36. The number of hydrogen-bond donors (Lipinski definition) is 1. The Bertz CT molecular complexity index is 1050. The van der Waals surface area contributed by atoms with Crippen LogP contribution in [0.1, 0.15) is 41.1 Å². The molecule has 2 aliphatic rings. The van der Waals surface area contributed by atoms with Gasteiger partial charge < -0.3 is 14.3 Å². The Morgan fingerprint density at radius 3 is 2.89 bits per heavy atom. The Balaban J connectivity index is 1.63. The maximum absolute atomic E-state index is 10.3. The van der Waals surface area contributed by atoms with Gasteiger partial charge in [0.15, 0.2) is 5.76 Å². The lowest BCUT2D eigenvalue weighted by molar-refractivity contribution is -0.0325. The first-order valence-corrected chi connectivity index (χ1v) is 9.13. The van der Waals surface area contributed by atoms with E-state index in [1.165, 1.54) is 0 Å². The van der Waals surface area contributed by atoms with Crippen molar-refractivity contribution in [3.05, 3.63) is 82.3 Å². The highest BCUT2D eigenvalue weighted by molar-refractivity contribution is 6.30. The number of halogens is 1. The van der Waals surface area contributed by atoms with Gasteiger partial charge >= 0.3 is 0 Å². The lowest BCUT2D eigenvalue weighted by atomic mass is 9.95. The predicted octanol–water partition coefficient (Wildman–Crippen LogP) is 5.19. The first-order valence-electron chi connectivity index (χ1n) is 8.75. The van der Waals surface area contributed by atoms with E-state index in [1.54, 1.807) is 12.3 Å². The molecule has 0 saturated carbocycles. The van der Waals surface area contributed by atoms with Crippen LogP contribution >= 0.6 is 11.6 Å². The summed E-state index contributed by atoms with van der Waals surface area (Å²) < 4.78 is 11.8. The second kappa shape index (κ2) is 6.06. The number of aromatic hydroxyl groups is 1. The van der Waals surface area contributed by atoms with Crippen LogP contribution < -0.4 is 4.74 Å². The molecule has 5 nitrogen and oxygen atoms in total. The third-order valence-electron chi connectivity index (χ3n) is 5.00. The number of phenolic OH excluding ortho intramolecular Hbond substituents is 1. The predicted molar refractivity (Wildman–Crippen MR) is 102 cm³/mol. The molecular formula is C21H17ClN2O3. The topological polar surface area (TPSA) is 58.2 Å². The summed E-state index contributed by atoms with van der Waals surface area (Å²) in [6, 6.07) is 14.8. The minimum atomic E-state index is -0.469. The van der Waals surface area contributed by atoms with Gasteiger partial charge in [-0.2, -0.15) is 5.10 Å². The van der Waals surface area contributed by atoms with Crippen LogP contribution in [0.15, 0.2) is 64.3 Å². The van der Waals surface area contributed by atoms with Gasteiger partial charge in [-0.25, -0.2) is 5.01 Å². The maximum Gasteiger partial charge on any atom is 0.246 e. The van der Waals surface area contributed by atoms with Crippen LogP contribution in [0.3, 0.4) is 0 Å². The molecule has 2 aromatic carbocycles. The summed E-state index contributed by atoms with van der Waals surface area (Å²) >= 11 is 6.23. The molecule has 2 unspecified atom stereocenters. The van der Waals surface area contributed by atoms with Crippen LogP contribution in [-0.4, -0.2) is 15.8 Å². The standard InChI is InChI=1S/C21H17ClN2O3/c1-12-4-6-18(25)14(9-12)16-11-17-15-10-13(22)5-7-19(15)27-21(24(17)23-16)20-3-2-8-26-20/h2-10,17,21,25H,11H2,1H3. The van der Waals surface area contributed by atoms with Gasteiger partial charge in [-0.3, -0.25) is 0 Å². The molecule has 5 rings (SSSR count). The van der Waals surface area contributed by atoms with E-state index in [2.05, 4.69) is 0 Å². The average molecular weight is 381 g/mol. The Morgan fingerprint density at radius 2 is 2.07 bits per heavy atom. The van der Waals surface area contributed by atoms with E-state index >= 15 is 0 Å². The van der Waals surface area contributed by atoms with Crippen molar-refractivity contribution in [3.63, 3.8) is 0 Å². The number of phenols is 1. The molecule has 136 valence electrons. The molecule has 0 amide bonds. The van der Waals surface area contributed by atoms with E-state index in [-0.39, 0.29) is 11.8 Å². The highest BCUT2D eigenvalue weighted by Crippen LogP contribution is 2.48. The number of hydrogen-bond acceptors (Lipinski definition) is 5. The molecular weight excluding hydrogens is 364 g/mol. The van der Waals surface area contributed by atoms with Crippen LogP contribution in [-0.2, 0) is 0 Å². The molecule has 1 N–H and O–H groups in total. The maximum atomic E-state index is 10.3. The first kappa shape index (κ1) is 16.3. The van der Waals surface area contributed by atoms with Crippen molar-refractivity contribution in [2.24, 2.45) is 5.10 Å². The molecule has 2 atom stereocenters. The number of furan rings is 1. The van der Waals surface area contributed by atoms with Gasteiger partial charge in [-0.05, 0) is 49.4 Å². The Morgan fingerprint density at radius 1 is 1.19 bits per heavy atom. The summed E-state index contributed by atoms with van der Waals surface area (Å²) in [7, 11) is 0. The van der Waals surface area contributed by atoms with Crippen LogP contribution in [0, 0.1) is 6.92 Å². The quantitative estimate of drug-likeness (QED) is 0.664. The van der Waals surface area contributed by atoms with Crippen molar-refractivity contribution in [3.8, 4) is 11.5 Å². The van der Waals surface area contributed by atoms with Gasteiger partial charge in [0.1, 0.15) is 11.5 Å². The van der Waals surface area contributed by atoms with E-state index in [4.69, 9.17) is 25.9 Å². The molecule has 0 saturated heterocycles. The highest BCUT2D eigenvalue weighted by atomic mass is 35.5. The van der Waals surface area contributed by atoms with E-state index in [9.17, 15) is 5.11 Å². The van der Waals surface area contributed by atoms with Gasteiger partial charge in [0.05, 0.1) is 18.0 Å². The third kappa shape index (κ3) is 2.66. The summed E-state index contributed by atoms with van der Waals surface area (Å²) in [5.74, 6) is 1.67. The summed E-state index contributed by atoms with van der Waals surface area (Å²) in [6.45, 7) is 2.00. The second-order valence-electron chi connectivity index (χ2n) is 6.84. The first-order chi connectivity index (χ1) is 13.1. The number of benzene rings is 2. The molecule has 0 fully saturated rings. The molecule has 0 spiro atoms. The number of aryl methyl sites for hydroxylation is 1. The van der Waals surface area contributed by atoms with Crippen molar-refractivity contribution in [1.29, 1.82) is 0 Å². The van der Waals surface area contributed by atoms with E-state index in [0.717, 1.165) is 28.2 Å². The fraction of sp³-hybridized carbons (Fsp3) is 0.190. The zero-order chi connectivity index (χ0) is 18.5. The van der Waals surface area contributed by atoms with Gasteiger partial charge in [0.2, 0.25) is 6.23 Å². The molecule has 0 radical (unpaired) electrons. The lowest BCUT2D eigenvalue weighted by Crippen LogP contribution is -2.33. The summed E-state index contributed by atoms with van der Waals surface area (Å²) in [5.41, 5.74) is 3.61. The van der Waals surface area contributed by atoms with Gasteiger partial charge in [-0.15, -0.1) is 0 Å². The van der Waals surface area contributed by atoms with E-state index in [1.807, 2.05) is 54.4 Å². The van der Waals surface area contributed by atoms with Crippen LogP contribution in [0.25, 0.3) is 0 Å². The van der Waals surface area contributed by atoms with E-state index < -0.39 is 6.23 Å². The minimum absolute atomic E-state index is 0.0440. The average Bonchev–Trinajstić information content (AvgIpc) is 3.33. The van der Waals surface area contributed by atoms with Crippen molar-refractivity contribution < 1.29 is 14.3 Å². The molecule has 3 aromatic rings. The minimum Gasteiger partial charge on any atom is -0.507 e. The van der Waals surface area contributed by atoms with Crippen molar-refractivity contribution in [2.75, 3.05) is 0 Å². The summed E-state index contributed by atoms with van der Waals surface area (Å²) in [4.78, 5) is 0. The molecule has 0 bridgehead atoms. The molecule has 27 heavy (non-hydrogen) atoms. The molecule has 0 aliphatic carbocycles. The number of hydrazone groups is 1. The Hall–Kier alpha value is -2.92. The number of fused-ring (bicyclic) bond motifs is 3. The largest absolute Gasteiger partial charge is 0.507 e. The van der Waals surface area contributed by atoms with Crippen molar-refractivity contribution in [1.82, 2.24) is 5.01 Å². The van der Waals surface area contributed by atoms with E-state index in [0.29, 0.717) is 17.2 Å². The van der Waals surface area contributed by atoms with Crippen molar-refractivity contribution >= 4 is 17.3 Å². The zero-order valence-electron chi connectivity index (χ0n) is 14.6. The Kier molecular flexibility index (Phi) is 3.65. The molecule has 3 heterocycles. The smallest absolute Gasteiger partial charge is 0.246 e.